The summed E-state index contributed by atoms with van der Waals surface area (Å²) in [6.07, 6.45) is 0.196. The number of nitrogens with one attached hydrogen (secondary N) is 2. The number of anilines is 3. The molecular weight excluding hydrogens is 548 g/mol. The average Bonchev–Trinajstić information content (AvgIpc) is 3.02. The molecule has 0 spiro atoms. The number of nitrogens with zero attached hydrogens (tertiary/aromatic N) is 2. The van der Waals surface area contributed by atoms with Crippen molar-refractivity contribution in [2.24, 2.45) is 0 Å². The smallest absolute Gasteiger partial charge is 0.243 e. The molecule has 5 rings (SSSR count). The third kappa shape index (κ3) is 7.10. The molecule has 4 aromatic carbocycles. The molecule has 0 aliphatic carbocycles. The van der Waals surface area contributed by atoms with E-state index in [0.717, 1.165) is 35.7 Å². The van der Waals surface area contributed by atoms with E-state index in [4.69, 9.17) is 4.74 Å². The number of sulfonamides is 1. The number of rotatable bonds is 10. The monoisotopic (exact) mass is 584 g/mol. The minimum atomic E-state index is -3.95. The molecule has 1 saturated heterocycles. The molecule has 1 atom stereocenters. The average molecular weight is 585 g/mol. The zero-order valence-electron chi connectivity index (χ0n) is 23.9. The number of ether oxygens (including phenoxy) is 1. The summed E-state index contributed by atoms with van der Waals surface area (Å²) < 4.78 is 35.9. The number of piperazine rings is 1. The Morgan fingerprint density at radius 3 is 2.10 bits per heavy atom. The van der Waals surface area contributed by atoms with Crippen molar-refractivity contribution in [2.75, 3.05) is 48.4 Å². The largest absolute Gasteiger partial charge is 0.497 e. The first-order valence-corrected chi connectivity index (χ1v) is 15.5. The van der Waals surface area contributed by atoms with Crippen LogP contribution in [-0.4, -0.2) is 47.6 Å². The van der Waals surface area contributed by atoms with Crippen LogP contribution in [0, 0.1) is 0 Å². The molecule has 218 valence electrons. The minimum Gasteiger partial charge on any atom is -0.497 e. The molecular formula is C33H36N4O4S. The van der Waals surface area contributed by atoms with Crippen LogP contribution >= 0.6 is 0 Å². The molecule has 0 unspecified atom stereocenters. The van der Waals surface area contributed by atoms with Gasteiger partial charge in [-0.05, 0) is 60.5 Å². The molecule has 0 aromatic heterocycles. The maximum Gasteiger partial charge on any atom is 0.243 e. The van der Waals surface area contributed by atoms with E-state index in [1.54, 1.807) is 25.3 Å². The number of hydrogen-bond acceptors (Lipinski definition) is 6. The van der Waals surface area contributed by atoms with Crippen LogP contribution in [0.25, 0.3) is 0 Å². The second-order valence-electron chi connectivity index (χ2n) is 10.3. The topological polar surface area (TPSA) is 91.0 Å². The van der Waals surface area contributed by atoms with E-state index < -0.39 is 16.1 Å². The van der Waals surface area contributed by atoms with Gasteiger partial charge in [-0.15, -0.1) is 0 Å². The number of benzene rings is 4. The van der Waals surface area contributed by atoms with Gasteiger partial charge in [0.05, 0.1) is 19.2 Å². The van der Waals surface area contributed by atoms with Crippen molar-refractivity contribution in [1.29, 1.82) is 0 Å². The molecule has 8 nitrogen and oxygen atoms in total. The number of methoxy groups -OCH3 is 1. The van der Waals surface area contributed by atoms with Crippen LogP contribution in [0.1, 0.15) is 24.1 Å². The molecule has 1 heterocycles. The summed E-state index contributed by atoms with van der Waals surface area (Å²) >= 11 is 0. The summed E-state index contributed by atoms with van der Waals surface area (Å²) in [7, 11) is -2.30. The van der Waals surface area contributed by atoms with Gasteiger partial charge in [0.15, 0.2) is 0 Å². The van der Waals surface area contributed by atoms with Crippen molar-refractivity contribution in [3.63, 3.8) is 0 Å². The van der Waals surface area contributed by atoms with Gasteiger partial charge >= 0.3 is 0 Å². The Hall–Kier alpha value is -4.34. The van der Waals surface area contributed by atoms with Crippen molar-refractivity contribution in [3.05, 3.63) is 114 Å². The normalized spacial score (nSPS) is 14.3. The van der Waals surface area contributed by atoms with Crippen LogP contribution < -0.4 is 24.6 Å². The predicted molar refractivity (Wildman–Crippen MR) is 168 cm³/mol. The lowest BCUT2D eigenvalue weighted by atomic mass is 10.1. The van der Waals surface area contributed by atoms with Gasteiger partial charge in [-0.2, -0.15) is 0 Å². The SMILES string of the molecule is COc1ccc(N2CCN(c3ccc(NC(=O)Cc4ccccc4)cc3S(=O)(=O)N[C@H](C)c3ccccc3)CC2)cc1. The molecule has 1 amide bonds. The Labute approximate surface area is 248 Å². The fourth-order valence-corrected chi connectivity index (χ4v) is 6.64. The molecule has 1 fully saturated rings. The van der Waals surface area contributed by atoms with Crippen LogP contribution in [-0.2, 0) is 21.2 Å². The Morgan fingerprint density at radius 2 is 1.45 bits per heavy atom. The summed E-state index contributed by atoms with van der Waals surface area (Å²) in [5.74, 6) is 0.594. The van der Waals surface area contributed by atoms with Crippen molar-refractivity contribution < 1.29 is 17.9 Å². The molecule has 42 heavy (non-hydrogen) atoms. The van der Waals surface area contributed by atoms with Crippen molar-refractivity contribution in [1.82, 2.24) is 4.72 Å². The molecule has 1 aliphatic heterocycles. The highest BCUT2D eigenvalue weighted by Gasteiger charge is 2.27. The van der Waals surface area contributed by atoms with Crippen LogP contribution in [0.3, 0.4) is 0 Å². The highest BCUT2D eigenvalue weighted by Crippen LogP contribution is 2.31. The third-order valence-electron chi connectivity index (χ3n) is 7.43. The molecule has 0 bridgehead atoms. The maximum atomic E-state index is 13.9. The van der Waals surface area contributed by atoms with Gasteiger partial charge in [0, 0.05) is 43.6 Å². The second-order valence-corrected chi connectivity index (χ2v) is 12.0. The molecule has 0 radical (unpaired) electrons. The van der Waals surface area contributed by atoms with Gasteiger partial charge in [-0.1, -0.05) is 60.7 Å². The van der Waals surface area contributed by atoms with Gasteiger partial charge < -0.3 is 19.9 Å². The Kier molecular flexibility index (Phi) is 9.09. The van der Waals surface area contributed by atoms with Gasteiger partial charge in [0.1, 0.15) is 10.6 Å². The first-order valence-electron chi connectivity index (χ1n) is 14.0. The van der Waals surface area contributed by atoms with E-state index in [1.807, 2.05) is 91.9 Å². The van der Waals surface area contributed by atoms with Gasteiger partial charge in [0.25, 0.3) is 0 Å². The summed E-state index contributed by atoms with van der Waals surface area (Å²) in [5, 5.41) is 2.89. The summed E-state index contributed by atoms with van der Waals surface area (Å²) in [6.45, 7) is 4.57. The molecule has 1 aliphatic rings. The fraction of sp³-hybridized carbons (Fsp3) is 0.242. The first kappa shape index (κ1) is 29.2. The lowest BCUT2D eigenvalue weighted by Crippen LogP contribution is -2.47. The Balaban J connectivity index is 1.38. The van der Waals surface area contributed by atoms with E-state index in [0.29, 0.717) is 24.5 Å². The fourth-order valence-electron chi connectivity index (χ4n) is 5.16. The van der Waals surface area contributed by atoms with E-state index in [-0.39, 0.29) is 17.2 Å². The van der Waals surface area contributed by atoms with Gasteiger partial charge in [0.2, 0.25) is 15.9 Å². The quantitative estimate of drug-likeness (QED) is 0.265. The van der Waals surface area contributed by atoms with Crippen LogP contribution in [0.5, 0.6) is 5.75 Å². The zero-order chi connectivity index (χ0) is 29.5. The minimum absolute atomic E-state index is 0.140. The van der Waals surface area contributed by atoms with Crippen molar-refractivity contribution in [2.45, 2.75) is 24.3 Å². The number of hydrogen-bond donors (Lipinski definition) is 2. The van der Waals surface area contributed by atoms with Crippen molar-refractivity contribution >= 4 is 33.0 Å². The molecule has 2 N–H and O–H groups in total. The lowest BCUT2D eigenvalue weighted by Gasteiger charge is -2.38. The standard InChI is InChI=1S/C33H36N4O4S/c1-25(27-11-7-4-8-12-27)35-42(39,40)32-24-28(34-33(38)23-26-9-5-3-6-10-26)13-18-31(32)37-21-19-36(20-22-37)29-14-16-30(41-2)17-15-29/h3-18,24-25,35H,19-23H2,1-2H3,(H,34,38)/t25-/m1/s1. The summed E-state index contributed by atoms with van der Waals surface area (Å²) in [4.78, 5) is 17.3. The number of carbonyl (C=O) groups excluding carboxylic acids is 1. The van der Waals surface area contributed by atoms with Crippen LogP contribution in [0.4, 0.5) is 17.1 Å². The summed E-state index contributed by atoms with van der Waals surface area (Å²) in [5.41, 5.74) is 3.89. The van der Waals surface area contributed by atoms with E-state index in [1.165, 1.54) is 0 Å². The molecule has 4 aromatic rings. The third-order valence-corrected chi connectivity index (χ3v) is 9.00. The Morgan fingerprint density at radius 1 is 0.833 bits per heavy atom. The van der Waals surface area contributed by atoms with E-state index in [9.17, 15) is 13.2 Å². The van der Waals surface area contributed by atoms with E-state index >= 15 is 0 Å². The van der Waals surface area contributed by atoms with Crippen LogP contribution in [0.15, 0.2) is 108 Å². The van der Waals surface area contributed by atoms with Gasteiger partial charge in [-0.25, -0.2) is 13.1 Å². The number of amides is 1. The molecule has 0 saturated carbocycles. The predicted octanol–water partition coefficient (Wildman–Crippen LogP) is 5.24. The highest BCUT2D eigenvalue weighted by atomic mass is 32.2. The molecule has 9 heteroatoms. The lowest BCUT2D eigenvalue weighted by molar-refractivity contribution is -0.115. The van der Waals surface area contributed by atoms with Gasteiger partial charge in [-0.3, -0.25) is 4.79 Å². The number of carbonyl (C=O) groups is 1. The first-order chi connectivity index (χ1) is 20.3. The maximum absolute atomic E-state index is 13.9. The second kappa shape index (κ2) is 13.1. The van der Waals surface area contributed by atoms with E-state index in [2.05, 4.69) is 19.8 Å². The highest BCUT2D eigenvalue weighted by molar-refractivity contribution is 7.89. The van der Waals surface area contributed by atoms with Crippen LogP contribution in [0.2, 0.25) is 0 Å². The zero-order valence-corrected chi connectivity index (χ0v) is 24.7. The van der Waals surface area contributed by atoms with Crippen molar-refractivity contribution in [3.8, 4) is 5.75 Å². The Bertz CT molecular complexity index is 1590. The summed E-state index contributed by atoms with van der Waals surface area (Å²) in [6, 6.07) is 31.5.